The van der Waals surface area contributed by atoms with Gasteiger partial charge in [0.05, 0.1) is 16.9 Å². The molecule has 1 amide bonds. The zero-order valence-electron chi connectivity index (χ0n) is 15.6. The highest BCUT2D eigenvalue weighted by Gasteiger charge is 2.12. The minimum absolute atomic E-state index is 0.171. The van der Waals surface area contributed by atoms with Crippen LogP contribution < -0.4 is 15.0 Å². The monoisotopic (exact) mass is 371 g/mol. The highest BCUT2D eigenvalue weighted by atomic mass is 16.5. The van der Waals surface area contributed by atoms with Crippen LogP contribution >= 0.6 is 0 Å². The van der Waals surface area contributed by atoms with Crippen LogP contribution in [0.15, 0.2) is 78.9 Å². The Labute approximate surface area is 164 Å². The summed E-state index contributed by atoms with van der Waals surface area (Å²) in [6.45, 7) is 0.551. The first-order valence-electron chi connectivity index (χ1n) is 8.93. The van der Waals surface area contributed by atoms with Crippen molar-refractivity contribution in [2.24, 2.45) is 0 Å². The van der Waals surface area contributed by atoms with Gasteiger partial charge in [0, 0.05) is 13.6 Å². The van der Waals surface area contributed by atoms with E-state index in [4.69, 9.17) is 10.00 Å². The standard InChI is InChI=1S/C23H21N3O2/c1-26(16-18-9-3-2-4-10-18)21-13-7-6-12-20(21)25-23(27)17-28-22-14-8-5-11-19(22)15-24/h2-14H,16-17H2,1H3,(H,25,27). The fourth-order valence-electron chi connectivity index (χ4n) is 2.87. The van der Waals surface area contributed by atoms with Gasteiger partial charge in [0.15, 0.2) is 6.61 Å². The Balaban J connectivity index is 1.65. The summed E-state index contributed by atoms with van der Waals surface area (Å²) in [5.74, 6) is 0.114. The van der Waals surface area contributed by atoms with Gasteiger partial charge in [-0.2, -0.15) is 5.26 Å². The third-order valence-electron chi connectivity index (χ3n) is 4.22. The van der Waals surface area contributed by atoms with Gasteiger partial charge < -0.3 is 15.0 Å². The van der Waals surface area contributed by atoms with E-state index in [1.54, 1.807) is 24.3 Å². The van der Waals surface area contributed by atoms with Crippen molar-refractivity contribution in [1.82, 2.24) is 0 Å². The van der Waals surface area contributed by atoms with Crippen LogP contribution in [0.2, 0.25) is 0 Å². The number of hydrogen-bond donors (Lipinski definition) is 1. The van der Waals surface area contributed by atoms with E-state index in [2.05, 4.69) is 28.4 Å². The van der Waals surface area contributed by atoms with Crippen molar-refractivity contribution < 1.29 is 9.53 Å². The molecule has 1 N–H and O–H groups in total. The summed E-state index contributed by atoms with van der Waals surface area (Å²) < 4.78 is 5.51. The minimum atomic E-state index is -0.284. The number of para-hydroxylation sites is 3. The lowest BCUT2D eigenvalue weighted by molar-refractivity contribution is -0.118. The number of nitrogens with one attached hydrogen (secondary N) is 1. The number of amides is 1. The second kappa shape index (κ2) is 9.24. The SMILES string of the molecule is CN(Cc1ccccc1)c1ccccc1NC(=O)COc1ccccc1C#N. The van der Waals surface area contributed by atoms with E-state index < -0.39 is 0 Å². The number of rotatable bonds is 7. The zero-order valence-corrected chi connectivity index (χ0v) is 15.6. The number of ether oxygens (including phenoxy) is 1. The molecule has 3 aromatic carbocycles. The van der Waals surface area contributed by atoms with Gasteiger partial charge in [-0.1, -0.05) is 54.6 Å². The molecule has 0 aromatic heterocycles. The summed E-state index contributed by atoms with van der Waals surface area (Å²) >= 11 is 0. The van der Waals surface area contributed by atoms with Crippen LogP contribution in [0, 0.1) is 11.3 Å². The van der Waals surface area contributed by atoms with Gasteiger partial charge >= 0.3 is 0 Å². The van der Waals surface area contributed by atoms with Crippen LogP contribution in [-0.4, -0.2) is 19.6 Å². The first-order chi connectivity index (χ1) is 13.7. The van der Waals surface area contributed by atoms with Crippen molar-refractivity contribution in [3.8, 4) is 11.8 Å². The number of carbonyl (C=O) groups excluding carboxylic acids is 1. The van der Waals surface area contributed by atoms with E-state index >= 15 is 0 Å². The third kappa shape index (κ3) is 4.89. The maximum absolute atomic E-state index is 12.4. The van der Waals surface area contributed by atoms with Gasteiger partial charge in [-0.25, -0.2) is 0 Å². The predicted octanol–water partition coefficient (Wildman–Crippen LogP) is 4.21. The Morgan fingerprint density at radius 2 is 1.68 bits per heavy atom. The molecule has 0 radical (unpaired) electrons. The van der Waals surface area contributed by atoms with E-state index in [1.807, 2.05) is 49.5 Å². The lowest BCUT2D eigenvalue weighted by Gasteiger charge is -2.23. The van der Waals surface area contributed by atoms with Crippen molar-refractivity contribution in [1.29, 1.82) is 5.26 Å². The first-order valence-corrected chi connectivity index (χ1v) is 8.93. The predicted molar refractivity (Wildman–Crippen MR) is 110 cm³/mol. The molecule has 0 saturated heterocycles. The van der Waals surface area contributed by atoms with Crippen LogP contribution in [0.25, 0.3) is 0 Å². The van der Waals surface area contributed by atoms with Crippen LogP contribution in [0.5, 0.6) is 5.75 Å². The quantitative estimate of drug-likeness (QED) is 0.676. The number of nitriles is 1. The molecular weight excluding hydrogens is 350 g/mol. The summed E-state index contributed by atoms with van der Waals surface area (Å²) in [5.41, 5.74) is 3.21. The maximum Gasteiger partial charge on any atom is 0.262 e. The largest absolute Gasteiger partial charge is 0.482 e. The van der Waals surface area contributed by atoms with Gasteiger partial charge in [0.2, 0.25) is 0 Å². The van der Waals surface area contributed by atoms with Gasteiger partial charge in [-0.15, -0.1) is 0 Å². The molecule has 0 spiro atoms. The van der Waals surface area contributed by atoms with E-state index in [9.17, 15) is 4.79 Å². The average Bonchev–Trinajstić information content (AvgIpc) is 2.73. The number of hydrogen-bond acceptors (Lipinski definition) is 4. The van der Waals surface area contributed by atoms with Gasteiger partial charge in [0.1, 0.15) is 11.8 Å². The van der Waals surface area contributed by atoms with Crippen LogP contribution in [-0.2, 0) is 11.3 Å². The molecule has 0 aliphatic heterocycles. The van der Waals surface area contributed by atoms with Crippen molar-refractivity contribution in [2.45, 2.75) is 6.54 Å². The van der Waals surface area contributed by atoms with Crippen molar-refractivity contribution >= 4 is 17.3 Å². The Morgan fingerprint density at radius 1 is 1.00 bits per heavy atom. The average molecular weight is 371 g/mol. The molecule has 0 unspecified atom stereocenters. The van der Waals surface area contributed by atoms with Crippen molar-refractivity contribution in [3.05, 3.63) is 90.0 Å². The summed E-state index contributed by atoms with van der Waals surface area (Å²) in [6.07, 6.45) is 0. The number of nitrogens with zero attached hydrogens (tertiary/aromatic N) is 2. The Kier molecular flexibility index (Phi) is 6.27. The maximum atomic E-state index is 12.4. The van der Waals surface area contributed by atoms with E-state index in [-0.39, 0.29) is 12.5 Å². The van der Waals surface area contributed by atoms with E-state index in [0.717, 1.165) is 12.2 Å². The zero-order chi connectivity index (χ0) is 19.8. The second-order valence-corrected chi connectivity index (χ2v) is 6.30. The number of benzene rings is 3. The summed E-state index contributed by atoms with van der Waals surface area (Å²) in [6, 6.07) is 26.7. The first kappa shape index (κ1) is 19.0. The molecule has 28 heavy (non-hydrogen) atoms. The fourth-order valence-corrected chi connectivity index (χ4v) is 2.87. The van der Waals surface area contributed by atoms with Crippen LogP contribution in [0.4, 0.5) is 11.4 Å². The van der Waals surface area contributed by atoms with Crippen molar-refractivity contribution in [3.63, 3.8) is 0 Å². The molecule has 5 heteroatoms. The third-order valence-corrected chi connectivity index (χ3v) is 4.22. The van der Waals surface area contributed by atoms with Crippen molar-refractivity contribution in [2.75, 3.05) is 23.9 Å². The normalized spacial score (nSPS) is 10.0. The van der Waals surface area contributed by atoms with E-state index in [1.165, 1.54) is 5.56 Å². The van der Waals surface area contributed by atoms with Gasteiger partial charge in [-0.3, -0.25) is 4.79 Å². The minimum Gasteiger partial charge on any atom is -0.482 e. The Hall–Kier alpha value is -3.78. The highest BCUT2D eigenvalue weighted by Crippen LogP contribution is 2.26. The molecule has 3 aromatic rings. The lowest BCUT2D eigenvalue weighted by Crippen LogP contribution is -2.23. The van der Waals surface area contributed by atoms with E-state index in [0.29, 0.717) is 17.0 Å². The molecule has 0 atom stereocenters. The molecule has 0 saturated carbocycles. The number of anilines is 2. The molecule has 0 aliphatic rings. The summed E-state index contributed by atoms with van der Waals surface area (Å²) in [5, 5.41) is 12.0. The summed E-state index contributed by atoms with van der Waals surface area (Å²) in [4.78, 5) is 14.5. The molecular formula is C23H21N3O2. The van der Waals surface area contributed by atoms with Gasteiger partial charge in [-0.05, 0) is 29.8 Å². The van der Waals surface area contributed by atoms with Gasteiger partial charge in [0.25, 0.3) is 5.91 Å². The molecule has 0 fully saturated rings. The lowest BCUT2D eigenvalue weighted by atomic mass is 10.2. The smallest absolute Gasteiger partial charge is 0.262 e. The molecule has 0 bridgehead atoms. The molecule has 140 valence electrons. The Morgan fingerprint density at radius 3 is 2.46 bits per heavy atom. The highest BCUT2D eigenvalue weighted by molar-refractivity contribution is 5.95. The molecule has 0 heterocycles. The fraction of sp³-hybridized carbons (Fsp3) is 0.130. The molecule has 5 nitrogen and oxygen atoms in total. The molecule has 3 rings (SSSR count). The van der Waals surface area contributed by atoms with Crippen LogP contribution in [0.3, 0.4) is 0 Å². The topological polar surface area (TPSA) is 65.4 Å². The Bertz CT molecular complexity index is 980. The van der Waals surface area contributed by atoms with Crippen LogP contribution in [0.1, 0.15) is 11.1 Å². The number of carbonyl (C=O) groups is 1. The molecule has 0 aliphatic carbocycles. The second-order valence-electron chi connectivity index (χ2n) is 6.30. The summed E-state index contributed by atoms with van der Waals surface area (Å²) in [7, 11) is 1.98.